The lowest BCUT2D eigenvalue weighted by molar-refractivity contribution is 0.0701. The number of benzene rings is 2. The van der Waals surface area contributed by atoms with Crippen LogP contribution in [0.15, 0.2) is 48.5 Å². The molecule has 3 aromatic rings. The molecule has 2 aromatic carbocycles. The Morgan fingerprint density at radius 2 is 1.93 bits per heavy atom. The Kier molecular flexibility index (Phi) is 6.66. The summed E-state index contributed by atoms with van der Waals surface area (Å²) in [6, 6.07) is 15.9. The number of aryl methyl sites for hydroxylation is 2. The van der Waals surface area contributed by atoms with Gasteiger partial charge in [0.05, 0.1) is 25.0 Å². The number of carboxylic acids is 1. The molecule has 0 aliphatic rings. The van der Waals surface area contributed by atoms with Crippen molar-refractivity contribution in [3.05, 3.63) is 64.7 Å². The number of ether oxygens (including phenoxy) is 2. The highest BCUT2D eigenvalue weighted by molar-refractivity contribution is 7.17. The molecule has 1 aromatic heterocycles. The van der Waals surface area contributed by atoms with Crippen LogP contribution >= 0.6 is 11.3 Å². The minimum atomic E-state index is -0.950. The van der Waals surface area contributed by atoms with Crippen molar-refractivity contribution in [3.8, 4) is 22.1 Å². The van der Waals surface area contributed by atoms with Gasteiger partial charge >= 0.3 is 5.97 Å². The van der Waals surface area contributed by atoms with Gasteiger partial charge in [0.1, 0.15) is 9.88 Å². The molecule has 1 heterocycles. The topological polar surface area (TPSA) is 68.7 Å². The molecular formula is C22H23NO4S. The van der Waals surface area contributed by atoms with Crippen molar-refractivity contribution in [2.75, 3.05) is 13.7 Å². The molecule has 0 fully saturated rings. The van der Waals surface area contributed by atoms with E-state index >= 15 is 0 Å². The van der Waals surface area contributed by atoms with Crippen molar-refractivity contribution < 1.29 is 19.4 Å². The average Bonchev–Trinajstić information content (AvgIpc) is 3.16. The molecule has 3 rings (SSSR count). The van der Waals surface area contributed by atoms with Gasteiger partial charge in [-0.2, -0.15) is 0 Å². The van der Waals surface area contributed by atoms with Crippen LogP contribution in [0.3, 0.4) is 0 Å². The van der Waals surface area contributed by atoms with Crippen LogP contribution in [0.2, 0.25) is 0 Å². The highest BCUT2D eigenvalue weighted by atomic mass is 32.1. The van der Waals surface area contributed by atoms with Crippen molar-refractivity contribution in [1.29, 1.82) is 0 Å². The van der Waals surface area contributed by atoms with Gasteiger partial charge in [0.15, 0.2) is 11.5 Å². The number of aromatic carboxylic acids is 1. The number of carbonyl (C=O) groups is 1. The molecule has 0 spiro atoms. The van der Waals surface area contributed by atoms with E-state index in [9.17, 15) is 9.90 Å². The Morgan fingerprint density at radius 3 is 2.57 bits per heavy atom. The summed E-state index contributed by atoms with van der Waals surface area (Å²) in [5.74, 6) is 0.266. The molecule has 1 N–H and O–H groups in total. The third kappa shape index (κ3) is 4.51. The van der Waals surface area contributed by atoms with Gasteiger partial charge in [0, 0.05) is 0 Å². The molecule has 6 heteroatoms. The van der Waals surface area contributed by atoms with E-state index in [1.54, 1.807) is 7.11 Å². The van der Waals surface area contributed by atoms with Crippen LogP contribution in [0.4, 0.5) is 0 Å². The summed E-state index contributed by atoms with van der Waals surface area (Å²) in [4.78, 5) is 16.3. The Bertz CT molecular complexity index is 937. The number of hydrogen-bond acceptors (Lipinski definition) is 5. The molecule has 0 saturated heterocycles. The van der Waals surface area contributed by atoms with Gasteiger partial charge in [-0.25, -0.2) is 9.78 Å². The first kappa shape index (κ1) is 19.9. The lowest BCUT2D eigenvalue weighted by atomic mass is 10.1. The predicted molar refractivity (Wildman–Crippen MR) is 111 cm³/mol. The Labute approximate surface area is 168 Å². The van der Waals surface area contributed by atoms with E-state index in [0.29, 0.717) is 35.2 Å². The van der Waals surface area contributed by atoms with Gasteiger partial charge in [-0.05, 0) is 37.0 Å². The van der Waals surface area contributed by atoms with Gasteiger partial charge in [0.25, 0.3) is 0 Å². The van der Waals surface area contributed by atoms with Gasteiger partial charge in [-0.1, -0.05) is 43.3 Å². The summed E-state index contributed by atoms with van der Waals surface area (Å²) in [6.45, 7) is 2.43. The monoisotopic (exact) mass is 397 g/mol. The number of rotatable bonds is 9. The fourth-order valence-electron chi connectivity index (χ4n) is 2.96. The minimum absolute atomic E-state index is 0.273. The smallest absolute Gasteiger partial charge is 0.347 e. The first-order chi connectivity index (χ1) is 13.6. The quantitative estimate of drug-likeness (QED) is 0.509. The minimum Gasteiger partial charge on any atom is -0.493 e. The summed E-state index contributed by atoms with van der Waals surface area (Å²) in [5, 5.41) is 10.1. The first-order valence-electron chi connectivity index (χ1n) is 9.21. The predicted octanol–water partition coefficient (Wildman–Crippen LogP) is 5.09. The zero-order valence-electron chi connectivity index (χ0n) is 16.0. The van der Waals surface area contributed by atoms with Crippen LogP contribution in [0.1, 0.15) is 34.3 Å². The van der Waals surface area contributed by atoms with Crippen molar-refractivity contribution in [3.63, 3.8) is 0 Å². The summed E-state index contributed by atoms with van der Waals surface area (Å²) in [5.41, 5.74) is 2.61. The first-order valence-corrected chi connectivity index (χ1v) is 10.0. The average molecular weight is 397 g/mol. The highest BCUT2D eigenvalue weighted by Gasteiger charge is 2.21. The standard InChI is InChI=1S/C22H23NO4S/c1-3-17-20(22(24)25)28-21(23-17)16-12-7-13-18(26-2)19(16)27-14-8-11-15-9-5-4-6-10-15/h4-7,9-10,12-13H,3,8,11,14H2,1-2H3,(H,24,25). The lowest BCUT2D eigenvalue weighted by Crippen LogP contribution is -2.02. The maximum absolute atomic E-state index is 11.5. The van der Waals surface area contributed by atoms with E-state index in [0.717, 1.165) is 18.4 Å². The van der Waals surface area contributed by atoms with Crippen molar-refractivity contribution in [2.24, 2.45) is 0 Å². The molecule has 0 aliphatic carbocycles. The molecule has 28 heavy (non-hydrogen) atoms. The van der Waals surface area contributed by atoms with E-state index in [1.165, 1.54) is 16.9 Å². The second-order valence-corrected chi connectivity index (χ2v) is 7.23. The number of hydrogen-bond donors (Lipinski definition) is 1. The molecule has 0 aliphatic heterocycles. The molecular weight excluding hydrogens is 374 g/mol. The number of carboxylic acid groups (broad SMARTS) is 1. The Hall–Kier alpha value is -2.86. The summed E-state index contributed by atoms with van der Waals surface area (Å²) in [7, 11) is 1.60. The van der Waals surface area contributed by atoms with Crippen LogP contribution in [0, 0.1) is 0 Å². The van der Waals surface area contributed by atoms with E-state index in [2.05, 4.69) is 17.1 Å². The normalized spacial score (nSPS) is 10.6. The van der Waals surface area contributed by atoms with Crippen LogP contribution < -0.4 is 9.47 Å². The molecule has 0 bridgehead atoms. The number of aromatic nitrogens is 1. The lowest BCUT2D eigenvalue weighted by Gasteiger charge is -2.14. The van der Waals surface area contributed by atoms with Crippen LogP contribution in [0.5, 0.6) is 11.5 Å². The van der Waals surface area contributed by atoms with Gasteiger partial charge in [-0.15, -0.1) is 11.3 Å². The van der Waals surface area contributed by atoms with Crippen LogP contribution in [-0.4, -0.2) is 29.8 Å². The summed E-state index contributed by atoms with van der Waals surface area (Å²) >= 11 is 1.17. The molecule has 5 nitrogen and oxygen atoms in total. The fourth-order valence-corrected chi connectivity index (χ4v) is 3.98. The van der Waals surface area contributed by atoms with E-state index in [4.69, 9.17) is 9.47 Å². The molecule has 0 radical (unpaired) electrons. The third-order valence-corrected chi connectivity index (χ3v) is 5.47. The van der Waals surface area contributed by atoms with E-state index < -0.39 is 5.97 Å². The second kappa shape index (κ2) is 9.37. The number of para-hydroxylation sites is 1. The second-order valence-electron chi connectivity index (χ2n) is 6.23. The molecule has 0 amide bonds. The fraction of sp³-hybridized carbons (Fsp3) is 0.273. The number of methoxy groups -OCH3 is 1. The third-order valence-electron chi connectivity index (χ3n) is 4.35. The maximum Gasteiger partial charge on any atom is 0.347 e. The molecule has 0 unspecified atom stereocenters. The van der Waals surface area contributed by atoms with Gasteiger partial charge < -0.3 is 14.6 Å². The highest BCUT2D eigenvalue weighted by Crippen LogP contribution is 2.40. The largest absolute Gasteiger partial charge is 0.493 e. The van der Waals surface area contributed by atoms with Gasteiger partial charge in [-0.3, -0.25) is 0 Å². The summed E-state index contributed by atoms with van der Waals surface area (Å²) < 4.78 is 11.5. The van der Waals surface area contributed by atoms with Crippen molar-refractivity contribution in [2.45, 2.75) is 26.2 Å². The summed E-state index contributed by atoms with van der Waals surface area (Å²) in [6.07, 6.45) is 2.35. The van der Waals surface area contributed by atoms with Crippen molar-refractivity contribution in [1.82, 2.24) is 4.98 Å². The zero-order valence-corrected chi connectivity index (χ0v) is 16.8. The molecule has 0 saturated carbocycles. The number of nitrogens with zero attached hydrogens (tertiary/aromatic N) is 1. The maximum atomic E-state index is 11.5. The van der Waals surface area contributed by atoms with E-state index in [-0.39, 0.29) is 4.88 Å². The van der Waals surface area contributed by atoms with Crippen molar-refractivity contribution >= 4 is 17.3 Å². The van der Waals surface area contributed by atoms with Crippen LogP contribution in [-0.2, 0) is 12.8 Å². The van der Waals surface area contributed by atoms with E-state index in [1.807, 2.05) is 43.3 Å². The Balaban J connectivity index is 1.82. The van der Waals surface area contributed by atoms with Crippen LogP contribution in [0.25, 0.3) is 10.6 Å². The molecule has 146 valence electrons. The zero-order chi connectivity index (χ0) is 19.9. The SMILES string of the molecule is CCc1nc(-c2cccc(OC)c2OCCCc2ccccc2)sc1C(=O)O. The van der Waals surface area contributed by atoms with Gasteiger partial charge in [0.2, 0.25) is 0 Å². The molecule has 0 atom stereocenters. The number of thiazole rings is 1. The Morgan fingerprint density at radius 1 is 1.14 bits per heavy atom.